The van der Waals surface area contributed by atoms with E-state index >= 15 is 0 Å². The number of thioether (sulfide) groups is 1. The normalized spacial score (nSPS) is 22.5. The van der Waals surface area contributed by atoms with Gasteiger partial charge in [0.1, 0.15) is 0 Å². The molecule has 1 atom stereocenters. The number of carboxylic acids is 1. The number of aromatic nitrogens is 3. The van der Waals surface area contributed by atoms with Crippen LogP contribution in [0.2, 0.25) is 0 Å². The molecule has 2 fully saturated rings. The van der Waals surface area contributed by atoms with Crippen molar-refractivity contribution in [1.82, 2.24) is 14.8 Å². The van der Waals surface area contributed by atoms with Crippen LogP contribution in [0.25, 0.3) is 0 Å². The lowest BCUT2D eigenvalue weighted by Gasteiger charge is -2.33. The van der Waals surface area contributed by atoms with E-state index in [4.69, 9.17) is 5.11 Å². The number of rotatable bonds is 6. The predicted octanol–water partition coefficient (Wildman–Crippen LogP) is 2.42. The first-order valence-electron chi connectivity index (χ1n) is 7.73. The Morgan fingerprint density at radius 1 is 1.38 bits per heavy atom. The van der Waals surface area contributed by atoms with E-state index in [9.17, 15) is 4.79 Å². The van der Waals surface area contributed by atoms with Crippen molar-refractivity contribution in [3.8, 4) is 0 Å². The van der Waals surface area contributed by atoms with Gasteiger partial charge in [-0.25, -0.2) is 0 Å². The zero-order valence-electron chi connectivity index (χ0n) is 12.4. The first kappa shape index (κ1) is 14.7. The Hall–Kier alpha value is -1.24. The summed E-state index contributed by atoms with van der Waals surface area (Å²) < 4.78 is 2.17. The third-order valence-electron chi connectivity index (χ3n) is 4.26. The average molecular weight is 310 g/mol. The zero-order chi connectivity index (χ0) is 14.8. The molecule has 0 radical (unpaired) electrons. The van der Waals surface area contributed by atoms with E-state index < -0.39 is 5.97 Å². The van der Waals surface area contributed by atoms with Gasteiger partial charge in [-0.3, -0.25) is 9.36 Å². The maximum absolute atomic E-state index is 10.8. The molecule has 2 aliphatic rings. The summed E-state index contributed by atoms with van der Waals surface area (Å²) in [6, 6.07) is 0.466. The molecule has 7 heteroatoms. The Bertz CT molecular complexity index is 515. The summed E-state index contributed by atoms with van der Waals surface area (Å²) in [5.41, 5.74) is 0. The molecule has 0 amide bonds. The molecule has 1 aromatic rings. The van der Waals surface area contributed by atoms with Crippen molar-refractivity contribution < 1.29 is 9.90 Å². The molecule has 21 heavy (non-hydrogen) atoms. The van der Waals surface area contributed by atoms with E-state index in [1.165, 1.54) is 31.0 Å². The number of carbonyl (C=O) groups is 1. The van der Waals surface area contributed by atoms with Crippen LogP contribution in [0.1, 0.15) is 45.1 Å². The maximum atomic E-state index is 10.8. The van der Waals surface area contributed by atoms with Crippen molar-refractivity contribution in [3.05, 3.63) is 0 Å². The second-order valence-electron chi connectivity index (χ2n) is 5.93. The molecule has 3 rings (SSSR count). The minimum atomic E-state index is -0.809. The van der Waals surface area contributed by atoms with Gasteiger partial charge in [-0.15, -0.1) is 10.2 Å². The van der Waals surface area contributed by atoms with Crippen molar-refractivity contribution >= 4 is 23.7 Å². The second-order valence-corrected chi connectivity index (χ2v) is 6.87. The standard InChI is InChI=1S/C14H22N4O2S/c1-2-10-4-3-7-17(8-10)13-15-16-14(21-9-12(19)20)18(13)11-5-6-11/h10-11H,2-9H2,1H3,(H,19,20). The van der Waals surface area contributed by atoms with Crippen molar-refractivity contribution in [3.63, 3.8) is 0 Å². The SMILES string of the molecule is CCC1CCCN(c2nnc(SCC(=O)O)n2C2CC2)C1. The first-order chi connectivity index (χ1) is 10.2. The van der Waals surface area contributed by atoms with Crippen LogP contribution in [0, 0.1) is 5.92 Å². The highest BCUT2D eigenvalue weighted by Crippen LogP contribution is 2.41. The lowest BCUT2D eigenvalue weighted by Crippen LogP contribution is -2.37. The molecule has 116 valence electrons. The van der Waals surface area contributed by atoms with Gasteiger partial charge in [0.2, 0.25) is 5.95 Å². The summed E-state index contributed by atoms with van der Waals surface area (Å²) in [5, 5.41) is 18.2. The largest absolute Gasteiger partial charge is 0.481 e. The average Bonchev–Trinajstić information content (AvgIpc) is 3.24. The molecule has 0 aromatic carbocycles. The van der Waals surface area contributed by atoms with Gasteiger partial charge in [0.05, 0.1) is 5.75 Å². The molecule has 1 unspecified atom stereocenters. The lowest BCUT2D eigenvalue weighted by atomic mass is 9.96. The van der Waals surface area contributed by atoms with Gasteiger partial charge < -0.3 is 10.0 Å². The molecular formula is C14H22N4O2S. The molecule has 0 spiro atoms. The number of hydrogen-bond donors (Lipinski definition) is 1. The molecule has 1 saturated heterocycles. The number of anilines is 1. The highest BCUT2D eigenvalue weighted by molar-refractivity contribution is 7.99. The summed E-state index contributed by atoms with van der Waals surface area (Å²) in [7, 11) is 0. The van der Waals surface area contributed by atoms with Gasteiger partial charge in [-0.2, -0.15) is 0 Å². The van der Waals surface area contributed by atoms with Crippen LogP contribution >= 0.6 is 11.8 Å². The molecule has 1 saturated carbocycles. The van der Waals surface area contributed by atoms with Crippen LogP contribution in [-0.4, -0.2) is 44.7 Å². The van der Waals surface area contributed by atoms with Crippen LogP contribution in [0.5, 0.6) is 0 Å². The molecule has 2 heterocycles. The summed E-state index contributed by atoms with van der Waals surface area (Å²) in [6.07, 6.45) is 6.00. The fraction of sp³-hybridized carbons (Fsp3) is 0.786. The van der Waals surface area contributed by atoms with Crippen LogP contribution in [-0.2, 0) is 4.79 Å². The summed E-state index contributed by atoms with van der Waals surface area (Å²) in [5.74, 6) is 0.917. The zero-order valence-corrected chi connectivity index (χ0v) is 13.2. The summed E-state index contributed by atoms with van der Waals surface area (Å²) in [6.45, 7) is 4.32. The third kappa shape index (κ3) is 3.33. The minimum Gasteiger partial charge on any atom is -0.481 e. The molecular weight excluding hydrogens is 288 g/mol. The first-order valence-corrected chi connectivity index (χ1v) is 8.72. The predicted molar refractivity (Wildman–Crippen MR) is 81.9 cm³/mol. The number of carboxylic acid groups (broad SMARTS) is 1. The van der Waals surface area contributed by atoms with E-state index in [-0.39, 0.29) is 5.75 Å². The van der Waals surface area contributed by atoms with Crippen molar-refractivity contribution in [2.45, 2.75) is 50.2 Å². The number of aliphatic carboxylic acids is 1. The van der Waals surface area contributed by atoms with Crippen LogP contribution < -0.4 is 4.90 Å². The fourth-order valence-electron chi connectivity index (χ4n) is 2.94. The minimum absolute atomic E-state index is 0.0441. The maximum Gasteiger partial charge on any atom is 0.313 e. The summed E-state index contributed by atoms with van der Waals surface area (Å²) in [4.78, 5) is 13.1. The second kappa shape index (κ2) is 6.25. The van der Waals surface area contributed by atoms with Crippen LogP contribution in [0.3, 0.4) is 0 Å². The fourth-order valence-corrected chi connectivity index (χ4v) is 3.66. The number of piperidine rings is 1. The molecule has 0 bridgehead atoms. The monoisotopic (exact) mass is 310 g/mol. The highest BCUT2D eigenvalue weighted by Gasteiger charge is 2.33. The molecule has 1 N–H and O–H groups in total. The Labute approximate surface area is 128 Å². The van der Waals surface area contributed by atoms with E-state index in [2.05, 4.69) is 26.6 Å². The van der Waals surface area contributed by atoms with E-state index in [0.29, 0.717) is 6.04 Å². The van der Waals surface area contributed by atoms with Crippen molar-refractivity contribution in [2.24, 2.45) is 5.92 Å². The third-order valence-corrected chi connectivity index (χ3v) is 5.19. The van der Waals surface area contributed by atoms with Crippen molar-refractivity contribution in [2.75, 3.05) is 23.7 Å². The quantitative estimate of drug-likeness (QED) is 0.814. The van der Waals surface area contributed by atoms with Gasteiger partial charge >= 0.3 is 5.97 Å². The van der Waals surface area contributed by atoms with Gasteiger partial charge in [-0.1, -0.05) is 25.1 Å². The molecule has 1 aliphatic carbocycles. The van der Waals surface area contributed by atoms with Gasteiger partial charge in [0, 0.05) is 19.1 Å². The Balaban J connectivity index is 1.79. The smallest absolute Gasteiger partial charge is 0.313 e. The Morgan fingerprint density at radius 2 is 2.19 bits per heavy atom. The lowest BCUT2D eigenvalue weighted by molar-refractivity contribution is -0.133. The van der Waals surface area contributed by atoms with Crippen LogP contribution in [0.4, 0.5) is 5.95 Å². The van der Waals surface area contributed by atoms with Gasteiger partial charge in [-0.05, 0) is 31.6 Å². The van der Waals surface area contributed by atoms with Crippen LogP contribution in [0.15, 0.2) is 5.16 Å². The van der Waals surface area contributed by atoms with Gasteiger partial charge in [0.15, 0.2) is 5.16 Å². The van der Waals surface area contributed by atoms with Crippen molar-refractivity contribution in [1.29, 1.82) is 0 Å². The topological polar surface area (TPSA) is 71.2 Å². The number of nitrogens with zero attached hydrogens (tertiary/aromatic N) is 4. The van der Waals surface area contributed by atoms with Gasteiger partial charge in [0.25, 0.3) is 0 Å². The van der Waals surface area contributed by atoms with E-state index in [1.54, 1.807) is 0 Å². The Kier molecular flexibility index (Phi) is 4.37. The highest BCUT2D eigenvalue weighted by atomic mass is 32.2. The van der Waals surface area contributed by atoms with E-state index in [0.717, 1.165) is 43.0 Å². The Morgan fingerprint density at radius 3 is 2.86 bits per heavy atom. The number of hydrogen-bond acceptors (Lipinski definition) is 5. The molecule has 1 aliphatic heterocycles. The van der Waals surface area contributed by atoms with E-state index in [1.807, 2.05) is 0 Å². The molecule has 6 nitrogen and oxygen atoms in total. The summed E-state index contributed by atoms with van der Waals surface area (Å²) >= 11 is 1.28. The molecule has 1 aromatic heterocycles.